The largest absolute Gasteiger partial charge is 0.444 e. The third kappa shape index (κ3) is 4.97. The van der Waals surface area contributed by atoms with Crippen LogP contribution in [0.2, 0.25) is 0 Å². The zero-order valence-corrected chi connectivity index (χ0v) is 16.0. The second-order valence-electron chi connectivity index (χ2n) is 9.02. The maximum Gasteiger partial charge on any atom is 0.410 e. The highest BCUT2D eigenvalue weighted by Crippen LogP contribution is 2.41. The Hall–Kier alpha value is -1.55. The summed E-state index contributed by atoms with van der Waals surface area (Å²) in [7, 11) is 0. The fraction of sp³-hybridized carbons (Fsp3) is 0.667. The molecule has 1 aromatic rings. The topological polar surface area (TPSA) is 41.6 Å². The number of carbonyl (C=O) groups excluding carboxylic acids is 1. The molecule has 1 aromatic carbocycles. The quantitative estimate of drug-likeness (QED) is 0.891. The summed E-state index contributed by atoms with van der Waals surface area (Å²) in [6.07, 6.45) is 3.13. The van der Waals surface area contributed by atoms with Gasteiger partial charge in [-0.25, -0.2) is 4.79 Å². The van der Waals surface area contributed by atoms with Crippen molar-refractivity contribution >= 4 is 6.09 Å². The number of benzene rings is 1. The molecule has 4 nitrogen and oxygen atoms in total. The minimum atomic E-state index is -0.419. The molecule has 1 saturated heterocycles. The first kappa shape index (κ1) is 18.2. The normalized spacial score (nSPS) is 25.5. The SMILES string of the molecule is CC1(CN[C@@H]2C[C@H]2c2ccccc2)CCN(C(=O)OC(C)(C)C)CC1. The zero-order valence-electron chi connectivity index (χ0n) is 16.0. The molecule has 0 unspecified atom stereocenters. The molecular weight excluding hydrogens is 312 g/mol. The molecule has 1 heterocycles. The van der Waals surface area contributed by atoms with Crippen LogP contribution in [0.25, 0.3) is 0 Å². The molecule has 1 aliphatic carbocycles. The van der Waals surface area contributed by atoms with Gasteiger partial charge >= 0.3 is 6.09 Å². The Labute approximate surface area is 151 Å². The highest BCUT2D eigenvalue weighted by molar-refractivity contribution is 5.68. The lowest BCUT2D eigenvalue weighted by atomic mass is 9.80. The van der Waals surface area contributed by atoms with E-state index in [1.54, 1.807) is 0 Å². The van der Waals surface area contributed by atoms with E-state index in [1.165, 1.54) is 12.0 Å². The molecule has 3 rings (SSSR count). The van der Waals surface area contributed by atoms with Crippen molar-refractivity contribution < 1.29 is 9.53 Å². The van der Waals surface area contributed by atoms with E-state index in [0.29, 0.717) is 12.0 Å². The number of ether oxygens (including phenoxy) is 1. The maximum absolute atomic E-state index is 12.2. The second-order valence-corrected chi connectivity index (χ2v) is 9.02. The first-order chi connectivity index (χ1) is 11.8. The molecule has 1 amide bonds. The standard InChI is InChI=1S/C21H32N2O2/c1-20(2,3)25-19(24)23-12-10-21(4,11-13-23)15-22-18-14-17(18)16-8-6-5-7-9-16/h5-9,17-18,22H,10-15H2,1-4H3/t17-,18+/m0/s1. The summed E-state index contributed by atoms with van der Waals surface area (Å²) in [6.45, 7) is 10.7. The van der Waals surface area contributed by atoms with Gasteiger partial charge in [-0.05, 0) is 51.0 Å². The van der Waals surface area contributed by atoms with E-state index in [-0.39, 0.29) is 11.5 Å². The maximum atomic E-state index is 12.2. The predicted octanol–water partition coefficient (Wildman–Crippen LogP) is 4.17. The molecule has 2 fully saturated rings. The molecule has 0 radical (unpaired) electrons. The van der Waals surface area contributed by atoms with Gasteiger partial charge in [0, 0.05) is 31.6 Å². The lowest BCUT2D eigenvalue weighted by Gasteiger charge is -2.40. The van der Waals surface area contributed by atoms with Crippen molar-refractivity contribution in [1.82, 2.24) is 10.2 Å². The minimum Gasteiger partial charge on any atom is -0.444 e. The third-order valence-corrected chi connectivity index (χ3v) is 5.43. The van der Waals surface area contributed by atoms with Crippen molar-refractivity contribution in [2.45, 2.75) is 64.5 Å². The zero-order chi connectivity index (χ0) is 18.1. The van der Waals surface area contributed by atoms with E-state index in [2.05, 4.69) is 42.6 Å². The molecule has 0 aromatic heterocycles. The fourth-order valence-corrected chi connectivity index (χ4v) is 3.60. The molecule has 1 N–H and O–H groups in total. The molecule has 4 heteroatoms. The van der Waals surface area contributed by atoms with Crippen LogP contribution in [-0.2, 0) is 4.74 Å². The fourth-order valence-electron chi connectivity index (χ4n) is 3.60. The van der Waals surface area contributed by atoms with Crippen molar-refractivity contribution in [3.8, 4) is 0 Å². The summed E-state index contributed by atoms with van der Waals surface area (Å²) in [6, 6.07) is 11.4. The van der Waals surface area contributed by atoms with Gasteiger partial charge < -0.3 is 15.0 Å². The summed E-state index contributed by atoms with van der Waals surface area (Å²) < 4.78 is 5.49. The summed E-state index contributed by atoms with van der Waals surface area (Å²) in [5.41, 5.74) is 1.30. The molecule has 2 atom stereocenters. The van der Waals surface area contributed by atoms with E-state index in [0.717, 1.165) is 32.5 Å². The molecule has 0 bridgehead atoms. The number of hydrogen-bond donors (Lipinski definition) is 1. The summed E-state index contributed by atoms with van der Waals surface area (Å²) >= 11 is 0. The summed E-state index contributed by atoms with van der Waals surface area (Å²) in [4.78, 5) is 14.0. The van der Waals surface area contributed by atoms with Crippen LogP contribution in [0.4, 0.5) is 4.79 Å². The summed E-state index contributed by atoms with van der Waals surface area (Å²) in [5.74, 6) is 0.673. The summed E-state index contributed by atoms with van der Waals surface area (Å²) in [5, 5.41) is 3.76. The number of rotatable bonds is 4. The number of nitrogens with zero attached hydrogens (tertiary/aromatic N) is 1. The van der Waals surface area contributed by atoms with Crippen LogP contribution in [0.15, 0.2) is 30.3 Å². The van der Waals surface area contributed by atoms with Crippen LogP contribution in [-0.4, -0.2) is 42.3 Å². The predicted molar refractivity (Wildman–Crippen MR) is 101 cm³/mol. The first-order valence-electron chi connectivity index (χ1n) is 9.52. The smallest absolute Gasteiger partial charge is 0.410 e. The van der Waals surface area contributed by atoms with E-state index in [9.17, 15) is 4.79 Å². The lowest BCUT2D eigenvalue weighted by molar-refractivity contribution is 0.0119. The number of amides is 1. The van der Waals surface area contributed by atoms with Crippen LogP contribution in [0.1, 0.15) is 58.4 Å². The average molecular weight is 344 g/mol. The van der Waals surface area contributed by atoms with Crippen LogP contribution >= 0.6 is 0 Å². The van der Waals surface area contributed by atoms with Gasteiger partial charge in [-0.3, -0.25) is 0 Å². The molecule has 138 valence electrons. The monoisotopic (exact) mass is 344 g/mol. The molecule has 1 saturated carbocycles. The number of piperidine rings is 1. The van der Waals surface area contributed by atoms with Gasteiger partial charge in [0.2, 0.25) is 0 Å². The Morgan fingerprint density at radius 2 is 1.88 bits per heavy atom. The molecule has 2 aliphatic rings. The van der Waals surface area contributed by atoms with Gasteiger partial charge in [-0.15, -0.1) is 0 Å². The lowest BCUT2D eigenvalue weighted by Crippen LogP contribution is -2.47. The molecule has 0 spiro atoms. The Morgan fingerprint density at radius 3 is 2.48 bits per heavy atom. The Kier molecular flexibility index (Phi) is 5.10. The second kappa shape index (κ2) is 6.99. The van der Waals surface area contributed by atoms with Gasteiger partial charge in [0.05, 0.1) is 0 Å². The average Bonchev–Trinajstić information content (AvgIpc) is 3.33. The number of hydrogen-bond acceptors (Lipinski definition) is 3. The Bertz CT molecular complexity index is 586. The third-order valence-electron chi connectivity index (χ3n) is 5.43. The van der Waals surface area contributed by atoms with Gasteiger partial charge in [0.15, 0.2) is 0 Å². The number of carbonyl (C=O) groups is 1. The highest BCUT2D eigenvalue weighted by Gasteiger charge is 2.40. The van der Waals surface area contributed by atoms with Gasteiger partial charge in [0.1, 0.15) is 5.60 Å². The molecule has 25 heavy (non-hydrogen) atoms. The van der Waals surface area contributed by atoms with Crippen molar-refractivity contribution in [2.75, 3.05) is 19.6 Å². The number of likely N-dealkylation sites (tertiary alicyclic amines) is 1. The van der Waals surface area contributed by atoms with Gasteiger partial charge in [-0.2, -0.15) is 0 Å². The van der Waals surface area contributed by atoms with Crippen molar-refractivity contribution in [3.63, 3.8) is 0 Å². The Balaban J connectivity index is 1.42. The van der Waals surface area contributed by atoms with E-state index < -0.39 is 5.60 Å². The van der Waals surface area contributed by atoms with Gasteiger partial charge in [-0.1, -0.05) is 37.3 Å². The molecular formula is C21H32N2O2. The van der Waals surface area contributed by atoms with Crippen LogP contribution in [0, 0.1) is 5.41 Å². The van der Waals surface area contributed by atoms with Crippen LogP contribution in [0.5, 0.6) is 0 Å². The van der Waals surface area contributed by atoms with E-state index in [4.69, 9.17) is 4.74 Å². The van der Waals surface area contributed by atoms with Gasteiger partial charge in [0.25, 0.3) is 0 Å². The Morgan fingerprint density at radius 1 is 1.24 bits per heavy atom. The van der Waals surface area contributed by atoms with Crippen LogP contribution < -0.4 is 5.32 Å². The van der Waals surface area contributed by atoms with Crippen LogP contribution in [0.3, 0.4) is 0 Å². The van der Waals surface area contributed by atoms with E-state index in [1.807, 2.05) is 25.7 Å². The van der Waals surface area contributed by atoms with Crippen molar-refractivity contribution in [2.24, 2.45) is 5.41 Å². The highest BCUT2D eigenvalue weighted by atomic mass is 16.6. The molecule has 1 aliphatic heterocycles. The van der Waals surface area contributed by atoms with Crippen molar-refractivity contribution in [3.05, 3.63) is 35.9 Å². The number of nitrogens with one attached hydrogen (secondary N) is 1. The van der Waals surface area contributed by atoms with Crippen molar-refractivity contribution in [1.29, 1.82) is 0 Å². The van der Waals surface area contributed by atoms with E-state index >= 15 is 0 Å². The first-order valence-corrected chi connectivity index (χ1v) is 9.52. The minimum absolute atomic E-state index is 0.172.